The van der Waals surface area contributed by atoms with E-state index in [1.165, 1.54) is 0 Å². The van der Waals surface area contributed by atoms with Gasteiger partial charge in [-0.1, -0.05) is 23.7 Å². The maximum atomic E-state index is 13.0. The molecule has 0 aromatic heterocycles. The minimum atomic E-state index is -0.0988. The van der Waals surface area contributed by atoms with Crippen LogP contribution in [0.2, 0.25) is 5.02 Å². The van der Waals surface area contributed by atoms with Gasteiger partial charge in [0, 0.05) is 38.3 Å². The molecule has 0 radical (unpaired) electrons. The van der Waals surface area contributed by atoms with Crippen LogP contribution in [0.4, 0.5) is 0 Å². The summed E-state index contributed by atoms with van der Waals surface area (Å²) in [6.45, 7) is 5.00. The highest BCUT2D eigenvalue weighted by Crippen LogP contribution is 2.36. The van der Waals surface area contributed by atoms with E-state index in [1.54, 1.807) is 14.2 Å². The molecule has 1 heterocycles. The number of carbonyl (C=O) groups is 1. The molecule has 2 aromatic rings. The summed E-state index contributed by atoms with van der Waals surface area (Å²) >= 11 is 6.13. The monoisotopic (exact) mass is 466 g/mol. The number of hydrogen-bond acceptors (Lipinski definition) is 6. The highest BCUT2D eigenvalue weighted by Gasteiger charge is 2.37. The normalized spacial score (nSPS) is 18.9. The van der Waals surface area contributed by atoms with Crippen molar-refractivity contribution in [1.82, 2.24) is 9.80 Å². The van der Waals surface area contributed by atoms with E-state index in [4.69, 9.17) is 25.8 Å². The largest absolute Gasteiger partial charge is 0.493 e. The van der Waals surface area contributed by atoms with Crippen molar-refractivity contribution in [2.24, 2.45) is 0 Å². The average molecular weight is 467 g/mol. The molecule has 1 aliphatic carbocycles. The quantitative estimate of drug-likeness (QED) is 0.621. The average Bonchev–Trinajstić information content (AvgIpc) is 3.10. The van der Waals surface area contributed by atoms with Crippen LogP contribution in [-0.4, -0.2) is 75.2 Å². The molecule has 2 aromatic carbocycles. The Morgan fingerprint density at radius 3 is 2.35 bits per heavy atom. The smallest absolute Gasteiger partial charge is 0.180 e. The maximum Gasteiger partial charge on any atom is 0.180 e. The van der Waals surface area contributed by atoms with Gasteiger partial charge < -0.3 is 14.2 Å². The van der Waals surface area contributed by atoms with Gasteiger partial charge in [0.15, 0.2) is 17.3 Å². The molecule has 0 N–H and O–H groups in total. The summed E-state index contributed by atoms with van der Waals surface area (Å²) in [5, 5.41) is 0.634. The number of halogens is 2. The molecule has 1 unspecified atom stereocenters. The Bertz CT molecular complexity index is 916. The first-order valence-corrected chi connectivity index (χ1v) is 10.6. The van der Waals surface area contributed by atoms with Gasteiger partial charge in [-0.15, -0.1) is 12.4 Å². The van der Waals surface area contributed by atoms with Gasteiger partial charge >= 0.3 is 0 Å². The van der Waals surface area contributed by atoms with Crippen molar-refractivity contribution in [3.63, 3.8) is 0 Å². The van der Waals surface area contributed by atoms with Gasteiger partial charge in [-0.25, -0.2) is 0 Å². The van der Waals surface area contributed by atoms with E-state index in [-0.39, 0.29) is 24.2 Å². The van der Waals surface area contributed by atoms with Crippen LogP contribution < -0.4 is 14.2 Å². The van der Waals surface area contributed by atoms with E-state index in [0.717, 1.165) is 56.0 Å². The van der Waals surface area contributed by atoms with Crippen LogP contribution in [0.3, 0.4) is 0 Å². The lowest BCUT2D eigenvalue weighted by Gasteiger charge is -2.37. The van der Waals surface area contributed by atoms with Crippen LogP contribution in [0, 0.1) is 0 Å². The van der Waals surface area contributed by atoms with E-state index in [1.807, 2.05) is 36.4 Å². The molecule has 0 saturated carbocycles. The molecule has 168 valence electrons. The lowest BCUT2D eigenvalue weighted by atomic mass is 10.1. The first-order chi connectivity index (χ1) is 14.6. The molecule has 1 aliphatic heterocycles. The Labute approximate surface area is 194 Å². The van der Waals surface area contributed by atoms with Gasteiger partial charge in [-0.3, -0.25) is 14.6 Å². The van der Waals surface area contributed by atoms with Gasteiger partial charge in [0.2, 0.25) is 0 Å². The predicted octanol–water partition coefficient (Wildman–Crippen LogP) is 3.58. The minimum absolute atomic E-state index is 0. The van der Waals surface area contributed by atoms with Crippen LogP contribution in [0.25, 0.3) is 0 Å². The molecule has 1 atom stereocenters. The van der Waals surface area contributed by atoms with E-state index < -0.39 is 0 Å². The van der Waals surface area contributed by atoms with E-state index in [0.29, 0.717) is 23.1 Å². The fraction of sp³-hybridized carbons (Fsp3) is 0.435. The first-order valence-electron chi connectivity index (χ1n) is 10.2. The molecule has 6 nitrogen and oxygen atoms in total. The van der Waals surface area contributed by atoms with Crippen molar-refractivity contribution in [3.05, 3.63) is 52.5 Å². The Morgan fingerprint density at radius 1 is 1.00 bits per heavy atom. The van der Waals surface area contributed by atoms with Crippen molar-refractivity contribution in [2.75, 3.05) is 53.6 Å². The molecule has 2 aliphatic rings. The summed E-state index contributed by atoms with van der Waals surface area (Å²) in [6, 6.07) is 11.2. The van der Waals surface area contributed by atoms with Crippen LogP contribution in [0.5, 0.6) is 17.2 Å². The number of piperazine rings is 1. The van der Waals surface area contributed by atoms with Crippen molar-refractivity contribution in [3.8, 4) is 17.2 Å². The summed E-state index contributed by atoms with van der Waals surface area (Å²) in [5.41, 5.74) is 1.80. The number of fused-ring (bicyclic) bond motifs is 1. The second-order valence-corrected chi connectivity index (χ2v) is 8.01. The second-order valence-electron chi connectivity index (χ2n) is 7.61. The van der Waals surface area contributed by atoms with Crippen LogP contribution in [-0.2, 0) is 6.42 Å². The van der Waals surface area contributed by atoms with E-state index in [9.17, 15) is 4.79 Å². The third-order valence-electron chi connectivity index (χ3n) is 5.94. The third-order valence-corrected chi connectivity index (χ3v) is 6.25. The number of para-hydroxylation sites is 1. The SMILES string of the molecule is COc1cc2c(cc1OC)C(=O)C(N1CCN(CCOc3ccccc3Cl)CC1)C2.Cl. The molecule has 0 bridgehead atoms. The van der Waals surface area contributed by atoms with Crippen molar-refractivity contribution in [2.45, 2.75) is 12.5 Å². The number of methoxy groups -OCH3 is 2. The predicted molar refractivity (Wildman–Crippen MR) is 124 cm³/mol. The lowest BCUT2D eigenvalue weighted by Crippen LogP contribution is -2.52. The van der Waals surface area contributed by atoms with Gasteiger partial charge in [-0.2, -0.15) is 0 Å². The van der Waals surface area contributed by atoms with Crippen molar-refractivity contribution in [1.29, 1.82) is 0 Å². The van der Waals surface area contributed by atoms with Crippen LogP contribution >= 0.6 is 24.0 Å². The highest BCUT2D eigenvalue weighted by molar-refractivity contribution is 6.32. The fourth-order valence-corrected chi connectivity index (χ4v) is 4.43. The topological polar surface area (TPSA) is 51.2 Å². The first kappa shape index (κ1) is 23.7. The van der Waals surface area contributed by atoms with Gasteiger partial charge in [-0.05, 0) is 36.2 Å². The Balaban J connectivity index is 0.00000272. The van der Waals surface area contributed by atoms with Gasteiger partial charge in [0.1, 0.15) is 12.4 Å². The molecule has 1 saturated heterocycles. The molecule has 31 heavy (non-hydrogen) atoms. The number of benzene rings is 2. The Hall–Kier alpha value is -1.99. The van der Waals surface area contributed by atoms with Gasteiger partial charge in [0.25, 0.3) is 0 Å². The summed E-state index contributed by atoms with van der Waals surface area (Å²) in [7, 11) is 3.21. The molecule has 4 rings (SSSR count). The van der Waals surface area contributed by atoms with Crippen LogP contribution in [0.1, 0.15) is 15.9 Å². The summed E-state index contributed by atoms with van der Waals surface area (Å²) in [6.07, 6.45) is 0.726. The number of carbonyl (C=O) groups excluding carboxylic acids is 1. The maximum absolute atomic E-state index is 13.0. The number of ketones is 1. The highest BCUT2D eigenvalue weighted by atomic mass is 35.5. The number of rotatable bonds is 7. The van der Waals surface area contributed by atoms with Crippen LogP contribution in [0.15, 0.2) is 36.4 Å². The zero-order chi connectivity index (χ0) is 21.1. The van der Waals surface area contributed by atoms with Crippen molar-refractivity contribution >= 4 is 29.8 Å². The Kier molecular flexibility index (Phi) is 8.06. The number of hydrogen-bond donors (Lipinski definition) is 0. The minimum Gasteiger partial charge on any atom is -0.493 e. The summed E-state index contributed by atoms with van der Waals surface area (Å²) in [5.74, 6) is 2.18. The molecule has 8 heteroatoms. The number of ether oxygens (including phenoxy) is 3. The second kappa shape index (κ2) is 10.6. The zero-order valence-electron chi connectivity index (χ0n) is 17.8. The van der Waals surface area contributed by atoms with E-state index in [2.05, 4.69) is 9.80 Å². The zero-order valence-corrected chi connectivity index (χ0v) is 19.4. The Morgan fingerprint density at radius 2 is 1.68 bits per heavy atom. The van der Waals surface area contributed by atoms with Crippen molar-refractivity contribution < 1.29 is 19.0 Å². The standard InChI is InChI=1S/C23H27ClN2O4.ClH/c1-28-21-14-16-13-19(23(27)17(16)15-22(21)29-2)26-9-7-25(8-10-26)11-12-30-20-6-4-3-5-18(20)24;/h3-6,14-15,19H,7-13H2,1-2H3;1H. The molecular weight excluding hydrogens is 439 g/mol. The molecular formula is C23H28Cl2N2O4. The number of nitrogens with zero attached hydrogens (tertiary/aromatic N) is 2. The number of Topliss-reactive ketones (excluding diaryl/α,β-unsaturated/α-hetero) is 1. The summed E-state index contributed by atoms with van der Waals surface area (Å²) in [4.78, 5) is 17.7. The lowest BCUT2D eigenvalue weighted by molar-refractivity contribution is 0.0667. The fourth-order valence-electron chi connectivity index (χ4n) is 4.24. The third kappa shape index (κ3) is 5.09. The molecule has 0 spiro atoms. The van der Waals surface area contributed by atoms with Gasteiger partial charge in [0.05, 0.1) is 25.3 Å². The summed E-state index contributed by atoms with van der Waals surface area (Å²) < 4.78 is 16.6. The van der Waals surface area contributed by atoms with E-state index >= 15 is 0 Å². The molecule has 0 amide bonds. The molecule has 1 fully saturated rings.